The van der Waals surface area contributed by atoms with E-state index in [4.69, 9.17) is 16.0 Å². The maximum Gasteiger partial charge on any atom is 0.313 e. The Hall–Kier alpha value is -0.140. The zero-order valence-electron chi connectivity index (χ0n) is 5.62. The van der Waals surface area contributed by atoms with Crippen LogP contribution in [-0.2, 0) is 0 Å². The van der Waals surface area contributed by atoms with E-state index in [-0.39, 0.29) is 5.35 Å². The second-order valence-corrected chi connectivity index (χ2v) is 5.13. The molecule has 2 rings (SSSR count). The summed E-state index contributed by atoms with van der Waals surface area (Å²) in [6, 6.07) is 1.97. The Morgan fingerprint density at radius 3 is 2.83 bits per heavy atom. The third kappa shape index (κ3) is 1.62. The number of nitrogens with zero attached hydrogens (tertiary/aromatic N) is 2. The van der Waals surface area contributed by atoms with Crippen molar-refractivity contribution in [2.24, 2.45) is 0 Å². The highest BCUT2D eigenvalue weighted by molar-refractivity contribution is 14.1. The SMILES string of the molecule is Clc1nnc(-c2csc(I)c2)o1. The number of hydrogen-bond acceptors (Lipinski definition) is 4. The van der Waals surface area contributed by atoms with Crippen LogP contribution in [0.5, 0.6) is 0 Å². The molecule has 0 N–H and O–H groups in total. The van der Waals surface area contributed by atoms with Crippen molar-refractivity contribution in [2.45, 2.75) is 0 Å². The monoisotopic (exact) mass is 312 g/mol. The minimum absolute atomic E-state index is 0.0752. The van der Waals surface area contributed by atoms with Gasteiger partial charge < -0.3 is 4.42 Å². The van der Waals surface area contributed by atoms with Crippen molar-refractivity contribution in [1.82, 2.24) is 10.2 Å². The molecule has 0 aliphatic heterocycles. The van der Waals surface area contributed by atoms with Gasteiger partial charge in [-0.15, -0.1) is 16.4 Å². The van der Waals surface area contributed by atoms with E-state index in [2.05, 4.69) is 32.8 Å². The van der Waals surface area contributed by atoms with E-state index in [0.29, 0.717) is 5.89 Å². The van der Waals surface area contributed by atoms with Gasteiger partial charge in [0.05, 0.1) is 8.45 Å². The second kappa shape index (κ2) is 3.31. The molecule has 0 atom stereocenters. The van der Waals surface area contributed by atoms with E-state index in [1.54, 1.807) is 11.3 Å². The van der Waals surface area contributed by atoms with E-state index in [1.807, 2.05) is 11.4 Å². The molecule has 0 fully saturated rings. The van der Waals surface area contributed by atoms with Crippen molar-refractivity contribution >= 4 is 45.5 Å². The Bertz CT molecular complexity index is 361. The normalized spacial score (nSPS) is 10.5. The van der Waals surface area contributed by atoms with Gasteiger partial charge >= 0.3 is 5.35 Å². The largest absolute Gasteiger partial charge is 0.407 e. The molecule has 0 aliphatic rings. The quantitative estimate of drug-likeness (QED) is 0.760. The van der Waals surface area contributed by atoms with E-state index in [9.17, 15) is 0 Å². The molecule has 3 nitrogen and oxygen atoms in total. The standard InChI is InChI=1S/C6H2ClIN2OS/c7-6-10-9-5(11-6)3-1-4(8)12-2-3/h1-2H. The fraction of sp³-hybridized carbons (Fsp3) is 0. The summed E-state index contributed by atoms with van der Waals surface area (Å²) < 4.78 is 6.21. The highest BCUT2D eigenvalue weighted by Gasteiger charge is 2.07. The highest BCUT2D eigenvalue weighted by atomic mass is 127. The third-order valence-corrected chi connectivity index (χ3v) is 3.16. The Kier molecular flexibility index (Phi) is 2.33. The van der Waals surface area contributed by atoms with E-state index < -0.39 is 0 Å². The van der Waals surface area contributed by atoms with Crippen molar-refractivity contribution < 1.29 is 4.42 Å². The molecule has 0 aliphatic carbocycles. The molecular formula is C6H2ClIN2OS. The predicted molar refractivity (Wildman–Crippen MR) is 55.3 cm³/mol. The van der Waals surface area contributed by atoms with Crippen LogP contribution in [0.4, 0.5) is 0 Å². The van der Waals surface area contributed by atoms with Crippen LogP contribution in [0.25, 0.3) is 11.5 Å². The second-order valence-electron chi connectivity index (χ2n) is 2.00. The van der Waals surface area contributed by atoms with Crippen LogP contribution in [0.3, 0.4) is 0 Å². The fourth-order valence-electron chi connectivity index (χ4n) is 0.744. The van der Waals surface area contributed by atoms with E-state index in [1.165, 1.54) is 2.88 Å². The molecule has 0 amide bonds. The van der Waals surface area contributed by atoms with Gasteiger partial charge in [0.15, 0.2) is 0 Å². The van der Waals surface area contributed by atoms with Crippen LogP contribution in [0.2, 0.25) is 5.35 Å². The maximum absolute atomic E-state index is 5.48. The molecule has 0 spiro atoms. The van der Waals surface area contributed by atoms with Gasteiger partial charge in [-0.25, -0.2) is 0 Å². The van der Waals surface area contributed by atoms with E-state index >= 15 is 0 Å². The number of aromatic nitrogens is 2. The topological polar surface area (TPSA) is 38.9 Å². The van der Waals surface area contributed by atoms with E-state index in [0.717, 1.165) is 5.56 Å². The third-order valence-electron chi connectivity index (χ3n) is 1.21. The summed E-state index contributed by atoms with van der Waals surface area (Å²) in [5.74, 6) is 0.471. The molecule has 0 aromatic carbocycles. The van der Waals surface area contributed by atoms with Gasteiger partial charge in [-0.2, -0.15) is 0 Å². The predicted octanol–water partition coefficient (Wildman–Crippen LogP) is 3.06. The van der Waals surface area contributed by atoms with Crippen molar-refractivity contribution in [1.29, 1.82) is 0 Å². The van der Waals surface area contributed by atoms with Gasteiger partial charge in [-0.05, 0) is 40.3 Å². The lowest BCUT2D eigenvalue weighted by atomic mass is 10.3. The lowest BCUT2D eigenvalue weighted by molar-refractivity contribution is 0.571. The Labute approximate surface area is 90.9 Å². The maximum atomic E-state index is 5.48. The van der Waals surface area contributed by atoms with Crippen LogP contribution in [-0.4, -0.2) is 10.2 Å². The van der Waals surface area contributed by atoms with Crippen LogP contribution in [0, 0.1) is 2.88 Å². The number of halogens is 2. The zero-order chi connectivity index (χ0) is 8.55. The number of rotatable bonds is 1. The Balaban J connectivity index is 2.43. The minimum Gasteiger partial charge on any atom is -0.407 e. The summed E-state index contributed by atoms with van der Waals surface area (Å²) in [4.78, 5) is 0. The molecule has 12 heavy (non-hydrogen) atoms. The fourth-order valence-corrected chi connectivity index (χ4v) is 2.18. The van der Waals surface area contributed by atoms with Crippen LogP contribution < -0.4 is 0 Å². The molecule has 62 valence electrons. The van der Waals surface area contributed by atoms with Gasteiger partial charge in [0.25, 0.3) is 0 Å². The summed E-state index contributed by atoms with van der Waals surface area (Å²) in [6.07, 6.45) is 0. The molecule has 2 aromatic rings. The van der Waals surface area contributed by atoms with Crippen molar-refractivity contribution in [3.8, 4) is 11.5 Å². The van der Waals surface area contributed by atoms with Crippen molar-refractivity contribution in [3.63, 3.8) is 0 Å². The molecule has 0 saturated heterocycles. The summed E-state index contributed by atoms with van der Waals surface area (Å²) in [7, 11) is 0. The molecule has 2 heterocycles. The van der Waals surface area contributed by atoms with Crippen LogP contribution in [0.1, 0.15) is 0 Å². The molecule has 2 aromatic heterocycles. The first-order chi connectivity index (χ1) is 5.75. The average Bonchev–Trinajstić information content (AvgIpc) is 2.58. The lowest BCUT2D eigenvalue weighted by Crippen LogP contribution is -1.71. The number of thiophene rings is 1. The van der Waals surface area contributed by atoms with Gasteiger partial charge in [0.1, 0.15) is 0 Å². The van der Waals surface area contributed by atoms with Crippen molar-refractivity contribution in [3.05, 3.63) is 19.7 Å². The summed E-state index contributed by atoms with van der Waals surface area (Å²) in [6.45, 7) is 0. The molecular weight excluding hydrogens is 311 g/mol. The number of hydrogen-bond donors (Lipinski definition) is 0. The average molecular weight is 313 g/mol. The van der Waals surface area contributed by atoms with Gasteiger partial charge in [0, 0.05) is 5.38 Å². The molecule has 6 heteroatoms. The smallest absolute Gasteiger partial charge is 0.313 e. The van der Waals surface area contributed by atoms with Crippen LogP contribution >= 0.6 is 45.5 Å². The summed E-state index contributed by atoms with van der Waals surface area (Å²) in [5, 5.41) is 9.33. The van der Waals surface area contributed by atoms with Gasteiger partial charge in [-0.3, -0.25) is 0 Å². The molecule has 0 unspecified atom stereocenters. The van der Waals surface area contributed by atoms with Gasteiger partial charge in [0.2, 0.25) is 5.89 Å². The summed E-state index contributed by atoms with van der Waals surface area (Å²) >= 11 is 9.33. The van der Waals surface area contributed by atoms with Crippen molar-refractivity contribution in [2.75, 3.05) is 0 Å². The molecule has 0 bridgehead atoms. The Morgan fingerprint density at radius 2 is 2.33 bits per heavy atom. The Morgan fingerprint density at radius 1 is 1.50 bits per heavy atom. The van der Waals surface area contributed by atoms with Crippen LogP contribution in [0.15, 0.2) is 15.9 Å². The molecule has 0 saturated carbocycles. The zero-order valence-corrected chi connectivity index (χ0v) is 9.35. The van der Waals surface area contributed by atoms with Gasteiger partial charge in [-0.1, -0.05) is 5.10 Å². The molecule has 0 radical (unpaired) electrons. The lowest BCUT2D eigenvalue weighted by Gasteiger charge is -1.82. The summed E-state index contributed by atoms with van der Waals surface area (Å²) in [5.41, 5.74) is 0.920. The highest BCUT2D eigenvalue weighted by Crippen LogP contribution is 2.26. The first-order valence-corrected chi connectivity index (χ1v) is 5.33. The first kappa shape index (κ1) is 8.46. The minimum atomic E-state index is 0.0752. The first-order valence-electron chi connectivity index (χ1n) is 2.99.